The normalized spacial score (nSPS) is 10.5. The summed E-state index contributed by atoms with van der Waals surface area (Å²) in [7, 11) is 0. The quantitative estimate of drug-likeness (QED) is 0.630. The van der Waals surface area contributed by atoms with Gasteiger partial charge in [-0.3, -0.25) is 4.79 Å². The minimum absolute atomic E-state index is 0.311. The van der Waals surface area contributed by atoms with Crippen LogP contribution in [0.15, 0.2) is 17.3 Å². The van der Waals surface area contributed by atoms with Crippen molar-refractivity contribution in [1.29, 1.82) is 0 Å². The molecule has 66 valence electrons. The summed E-state index contributed by atoms with van der Waals surface area (Å²) in [6.45, 7) is 0. The van der Waals surface area contributed by atoms with E-state index in [0.29, 0.717) is 10.2 Å². The minimum Gasteiger partial charge on any atom is -0.350 e. The third-order valence-corrected chi connectivity index (χ3v) is 2.50. The summed E-state index contributed by atoms with van der Waals surface area (Å²) in [5.41, 5.74) is 4.50. The molecular weight excluding hydrogens is 192 g/mol. The van der Waals surface area contributed by atoms with E-state index in [0.717, 1.165) is 15.5 Å². The molecule has 2 rings (SSSR count). The van der Waals surface area contributed by atoms with Crippen molar-refractivity contribution >= 4 is 27.8 Å². The Bertz CT molecular complexity index is 529. The van der Waals surface area contributed by atoms with Crippen molar-refractivity contribution in [3.63, 3.8) is 0 Å². The number of carbonyl (C=O) groups is 1. The van der Waals surface area contributed by atoms with Gasteiger partial charge in [0, 0.05) is 6.20 Å². The first-order valence-electron chi connectivity index (χ1n) is 3.32. The molecule has 0 atom stereocenters. The number of rotatable bonds is 0. The van der Waals surface area contributed by atoms with E-state index < -0.39 is 11.6 Å². The maximum absolute atomic E-state index is 11.4. The SMILES string of the molecule is NC(=O)n1sc2ncncc2c1=O. The van der Waals surface area contributed by atoms with E-state index in [1.54, 1.807) is 0 Å². The van der Waals surface area contributed by atoms with Crippen LogP contribution in [0.4, 0.5) is 4.79 Å². The number of amides is 1. The number of aromatic nitrogens is 3. The molecule has 0 saturated carbocycles. The second-order valence-electron chi connectivity index (χ2n) is 2.27. The lowest BCUT2D eigenvalue weighted by Crippen LogP contribution is -2.26. The van der Waals surface area contributed by atoms with E-state index in [-0.39, 0.29) is 0 Å². The predicted molar refractivity (Wildman–Crippen MR) is 46.7 cm³/mol. The van der Waals surface area contributed by atoms with Crippen LogP contribution in [-0.4, -0.2) is 20.0 Å². The zero-order chi connectivity index (χ0) is 9.42. The summed E-state index contributed by atoms with van der Waals surface area (Å²) in [5, 5.41) is 0.311. The Kier molecular flexibility index (Phi) is 1.59. The molecular formula is C6H4N4O2S. The largest absolute Gasteiger partial charge is 0.350 e. The predicted octanol–water partition coefficient (Wildman–Crippen LogP) is -0.220. The zero-order valence-corrected chi connectivity index (χ0v) is 7.11. The fourth-order valence-corrected chi connectivity index (χ4v) is 1.70. The van der Waals surface area contributed by atoms with Crippen LogP contribution in [-0.2, 0) is 0 Å². The van der Waals surface area contributed by atoms with Crippen LogP contribution in [0, 0.1) is 0 Å². The highest BCUT2D eigenvalue weighted by Crippen LogP contribution is 2.10. The van der Waals surface area contributed by atoms with Crippen molar-refractivity contribution in [1.82, 2.24) is 13.9 Å². The second kappa shape index (κ2) is 2.63. The van der Waals surface area contributed by atoms with Gasteiger partial charge in [-0.2, -0.15) is 3.96 Å². The molecule has 0 saturated heterocycles. The minimum atomic E-state index is -0.798. The summed E-state index contributed by atoms with van der Waals surface area (Å²) in [6.07, 6.45) is 2.67. The Morgan fingerprint density at radius 1 is 1.62 bits per heavy atom. The Hall–Kier alpha value is -1.76. The molecule has 0 radical (unpaired) electrons. The second-order valence-corrected chi connectivity index (χ2v) is 3.21. The first-order valence-corrected chi connectivity index (χ1v) is 4.09. The highest BCUT2D eigenvalue weighted by molar-refractivity contribution is 7.14. The lowest BCUT2D eigenvalue weighted by atomic mass is 10.4. The van der Waals surface area contributed by atoms with E-state index in [2.05, 4.69) is 9.97 Å². The van der Waals surface area contributed by atoms with Gasteiger partial charge in [0.05, 0.1) is 5.39 Å². The van der Waals surface area contributed by atoms with Crippen LogP contribution in [0.2, 0.25) is 0 Å². The Labute approximate surface area is 75.8 Å². The number of nitrogens with zero attached hydrogens (tertiary/aromatic N) is 3. The third-order valence-electron chi connectivity index (χ3n) is 1.47. The average molecular weight is 196 g/mol. The van der Waals surface area contributed by atoms with Gasteiger partial charge in [0.15, 0.2) is 0 Å². The summed E-state index contributed by atoms with van der Waals surface area (Å²) >= 11 is 0.911. The van der Waals surface area contributed by atoms with Gasteiger partial charge < -0.3 is 5.73 Å². The monoisotopic (exact) mass is 196 g/mol. The van der Waals surface area contributed by atoms with Gasteiger partial charge in [-0.05, 0) is 11.5 Å². The van der Waals surface area contributed by atoms with Gasteiger partial charge >= 0.3 is 6.03 Å². The molecule has 6 nitrogen and oxygen atoms in total. The Morgan fingerprint density at radius 2 is 2.38 bits per heavy atom. The lowest BCUT2D eigenvalue weighted by Gasteiger charge is -1.86. The van der Waals surface area contributed by atoms with E-state index >= 15 is 0 Å². The molecule has 0 fully saturated rings. The van der Waals surface area contributed by atoms with Crippen LogP contribution in [0.25, 0.3) is 10.2 Å². The standard InChI is InChI=1S/C6H4N4O2S/c7-6(12)10-5(11)3-1-8-2-9-4(3)13-10/h1-2H,(H2,7,12). The number of hydrogen-bond acceptors (Lipinski definition) is 5. The number of nitrogens with two attached hydrogens (primary N) is 1. The van der Waals surface area contributed by atoms with Gasteiger partial charge in [-0.25, -0.2) is 14.8 Å². The van der Waals surface area contributed by atoms with Gasteiger partial charge in [0.1, 0.15) is 11.2 Å². The number of carbonyl (C=O) groups excluding carboxylic acids is 1. The van der Waals surface area contributed by atoms with Crippen molar-refractivity contribution in [2.24, 2.45) is 5.73 Å². The van der Waals surface area contributed by atoms with Crippen molar-refractivity contribution in [3.05, 3.63) is 22.9 Å². The Balaban J connectivity index is 2.90. The number of hydrogen-bond donors (Lipinski definition) is 1. The van der Waals surface area contributed by atoms with Crippen molar-refractivity contribution in [3.8, 4) is 0 Å². The maximum atomic E-state index is 11.4. The van der Waals surface area contributed by atoms with Crippen LogP contribution in [0.5, 0.6) is 0 Å². The molecule has 0 aromatic carbocycles. The fraction of sp³-hybridized carbons (Fsp3) is 0. The number of fused-ring (bicyclic) bond motifs is 1. The smallest absolute Gasteiger partial charge is 0.335 e. The van der Waals surface area contributed by atoms with Crippen molar-refractivity contribution < 1.29 is 4.79 Å². The van der Waals surface area contributed by atoms with Gasteiger partial charge in [0.2, 0.25) is 0 Å². The molecule has 0 aliphatic heterocycles. The van der Waals surface area contributed by atoms with Crippen LogP contribution in [0.3, 0.4) is 0 Å². The van der Waals surface area contributed by atoms with Crippen LogP contribution in [0.1, 0.15) is 0 Å². The molecule has 2 N–H and O–H groups in total. The van der Waals surface area contributed by atoms with Gasteiger partial charge in [0.25, 0.3) is 5.56 Å². The summed E-state index contributed by atoms with van der Waals surface area (Å²) in [6, 6.07) is -0.798. The van der Waals surface area contributed by atoms with E-state index in [4.69, 9.17) is 5.73 Å². The lowest BCUT2D eigenvalue weighted by molar-refractivity contribution is 0.252. The highest BCUT2D eigenvalue weighted by atomic mass is 32.1. The molecule has 2 aromatic rings. The molecule has 0 spiro atoms. The molecule has 0 aliphatic carbocycles. The van der Waals surface area contributed by atoms with Crippen LogP contribution < -0.4 is 11.3 Å². The molecule has 2 aromatic heterocycles. The average Bonchev–Trinajstić information content (AvgIpc) is 2.45. The van der Waals surface area contributed by atoms with E-state index in [9.17, 15) is 9.59 Å². The van der Waals surface area contributed by atoms with Crippen molar-refractivity contribution in [2.75, 3.05) is 0 Å². The van der Waals surface area contributed by atoms with Crippen molar-refractivity contribution in [2.45, 2.75) is 0 Å². The summed E-state index contributed by atoms with van der Waals surface area (Å²) in [5.74, 6) is 0. The van der Waals surface area contributed by atoms with Gasteiger partial charge in [-0.1, -0.05) is 0 Å². The van der Waals surface area contributed by atoms with E-state index in [1.807, 2.05) is 0 Å². The topological polar surface area (TPSA) is 90.9 Å². The molecule has 7 heteroatoms. The maximum Gasteiger partial charge on any atom is 0.335 e. The fourth-order valence-electron chi connectivity index (χ4n) is 0.920. The molecule has 13 heavy (non-hydrogen) atoms. The zero-order valence-electron chi connectivity index (χ0n) is 6.30. The molecule has 2 heterocycles. The molecule has 0 bridgehead atoms. The molecule has 0 unspecified atom stereocenters. The third kappa shape index (κ3) is 1.09. The van der Waals surface area contributed by atoms with Gasteiger partial charge in [-0.15, -0.1) is 0 Å². The first-order chi connectivity index (χ1) is 6.20. The number of primary amides is 1. The Morgan fingerprint density at radius 3 is 3.00 bits per heavy atom. The summed E-state index contributed by atoms with van der Waals surface area (Å²) in [4.78, 5) is 30.1. The summed E-state index contributed by atoms with van der Waals surface area (Å²) < 4.78 is 0.847. The molecule has 1 amide bonds. The first kappa shape index (κ1) is 7.87. The van der Waals surface area contributed by atoms with Crippen LogP contribution >= 0.6 is 11.5 Å². The highest BCUT2D eigenvalue weighted by Gasteiger charge is 2.11. The molecule has 0 aliphatic rings. The van der Waals surface area contributed by atoms with E-state index in [1.165, 1.54) is 12.5 Å².